The SMILES string of the molecule is CCc1cc(-n2nnc(CCO)n2)ccc1OC. The molecule has 2 aromatic rings. The number of aryl methyl sites for hydroxylation is 1. The predicted octanol–water partition coefficient (Wildman–Crippen LogP) is 0.768. The van der Waals surface area contributed by atoms with Crippen LogP contribution in [0.2, 0.25) is 0 Å². The zero-order chi connectivity index (χ0) is 13.0. The standard InChI is InChI=1S/C12H16N4O2/c1-3-9-8-10(4-5-11(9)18-2)16-14-12(6-7-17)13-15-16/h4-5,8,17H,3,6-7H2,1-2H3. The Hall–Kier alpha value is -1.95. The summed E-state index contributed by atoms with van der Waals surface area (Å²) in [5.74, 6) is 1.39. The second kappa shape index (κ2) is 5.59. The second-order valence-corrected chi connectivity index (χ2v) is 3.82. The number of aliphatic hydroxyl groups excluding tert-OH is 1. The van der Waals surface area contributed by atoms with Crippen LogP contribution in [0.1, 0.15) is 18.3 Å². The molecule has 0 aliphatic carbocycles. The molecule has 0 bridgehead atoms. The van der Waals surface area contributed by atoms with Gasteiger partial charge in [-0.3, -0.25) is 0 Å². The molecule has 1 aromatic heterocycles. The Kier molecular flexibility index (Phi) is 3.88. The van der Waals surface area contributed by atoms with Crippen molar-refractivity contribution in [1.29, 1.82) is 0 Å². The molecule has 6 heteroatoms. The molecule has 1 aromatic carbocycles. The number of aromatic nitrogens is 4. The Morgan fingerprint density at radius 2 is 2.22 bits per heavy atom. The summed E-state index contributed by atoms with van der Waals surface area (Å²) in [6.45, 7) is 2.09. The van der Waals surface area contributed by atoms with E-state index in [-0.39, 0.29) is 6.61 Å². The topological polar surface area (TPSA) is 73.1 Å². The summed E-state index contributed by atoms with van der Waals surface area (Å²) in [6, 6.07) is 5.74. The summed E-state index contributed by atoms with van der Waals surface area (Å²) in [7, 11) is 1.65. The van der Waals surface area contributed by atoms with E-state index in [0.717, 1.165) is 23.4 Å². The van der Waals surface area contributed by atoms with E-state index in [1.165, 1.54) is 4.80 Å². The molecule has 0 aliphatic heterocycles. The van der Waals surface area contributed by atoms with Crippen LogP contribution < -0.4 is 4.74 Å². The van der Waals surface area contributed by atoms with Gasteiger partial charge in [0.15, 0.2) is 5.82 Å². The van der Waals surface area contributed by atoms with Gasteiger partial charge in [-0.15, -0.1) is 15.0 Å². The third kappa shape index (κ3) is 2.48. The number of hydrogen-bond acceptors (Lipinski definition) is 5. The molecular weight excluding hydrogens is 232 g/mol. The molecular formula is C12H16N4O2. The van der Waals surface area contributed by atoms with Gasteiger partial charge in [0.05, 0.1) is 19.4 Å². The molecule has 18 heavy (non-hydrogen) atoms. The summed E-state index contributed by atoms with van der Waals surface area (Å²) in [5.41, 5.74) is 1.93. The van der Waals surface area contributed by atoms with Crippen molar-refractivity contribution < 1.29 is 9.84 Å². The van der Waals surface area contributed by atoms with Gasteiger partial charge in [0.2, 0.25) is 0 Å². The molecule has 0 saturated heterocycles. The van der Waals surface area contributed by atoms with E-state index in [1.807, 2.05) is 18.2 Å². The first-order valence-corrected chi connectivity index (χ1v) is 5.85. The fourth-order valence-corrected chi connectivity index (χ4v) is 1.72. The first-order chi connectivity index (χ1) is 8.78. The molecule has 0 radical (unpaired) electrons. The predicted molar refractivity (Wildman–Crippen MR) is 65.9 cm³/mol. The summed E-state index contributed by atoms with van der Waals surface area (Å²) in [5, 5.41) is 20.8. The Morgan fingerprint density at radius 1 is 1.39 bits per heavy atom. The minimum absolute atomic E-state index is 0.0223. The van der Waals surface area contributed by atoms with Crippen LogP contribution in [0.15, 0.2) is 18.2 Å². The number of methoxy groups -OCH3 is 1. The van der Waals surface area contributed by atoms with Gasteiger partial charge in [-0.1, -0.05) is 6.92 Å². The third-order valence-electron chi connectivity index (χ3n) is 2.67. The summed E-state index contributed by atoms with van der Waals surface area (Å²) in [6.07, 6.45) is 1.28. The fourth-order valence-electron chi connectivity index (χ4n) is 1.72. The van der Waals surface area contributed by atoms with Crippen LogP contribution in [-0.2, 0) is 12.8 Å². The highest BCUT2D eigenvalue weighted by Crippen LogP contribution is 2.21. The lowest BCUT2D eigenvalue weighted by Gasteiger charge is -2.07. The molecule has 0 fully saturated rings. The Labute approximate surface area is 105 Å². The molecule has 0 spiro atoms. The number of nitrogens with zero attached hydrogens (tertiary/aromatic N) is 4. The van der Waals surface area contributed by atoms with Crippen LogP contribution in [0.25, 0.3) is 5.69 Å². The smallest absolute Gasteiger partial charge is 0.177 e. The van der Waals surface area contributed by atoms with Crippen molar-refractivity contribution in [2.75, 3.05) is 13.7 Å². The zero-order valence-corrected chi connectivity index (χ0v) is 10.5. The average molecular weight is 248 g/mol. The largest absolute Gasteiger partial charge is 0.496 e. The van der Waals surface area contributed by atoms with Gasteiger partial charge < -0.3 is 9.84 Å². The lowest BCUT2D eigenvalue weighted by atomic mass is 10.1. The maximum absolute atomic E-state index is 8.82. The number of aliphatic hydroxyl groups is 1. The normalized spacial score (nSPS) is 10.6. The molecule has 0 aliphatic rings. The molecule has 96 valence electrons. The Balaban J connectivity index is 2.31. The number of rotatable bonds is 5. The molecule has 0 amide bonds. The number of benzene rings is 1. The highest BCUT2D eigenvalue weighted by Gasteiger charge is 2.07. The molecule has 1 N–H and O–H groups in total. The van der Waals surface area contributed by atoms with Crippen LogP contribution in [0.4, 0.5) is 0 Å². The van der Waals surface area contributed by atoms with Gasteiger partial charge in [0.25, 0.3) is 0 Å². The van der Waals surface area contributed by atoms with E-state index in [4.69, 9.17) is 9.84 Å². The van der Waals surface area contributed by atoms with Crippen molar-refractivity contribution in [1.82, 2.24) is 20.2 Å². The molecule has 0 unspecified atom stereocenters. The summed E-state index contributed by atoms with van der Waals surface area (Å²) in [4.78, 5) is 1.46. The van der Waals surface area contributed by atoms with Crippen LogP contribution >= 0.6 is 0 Å². The lowest BCUT2D eigenvalue weighted by molar-refractivity contribution is 0.296. The Morgan fingerprint density at radius 3 is 2.89 bits per heavy atom. The number of tetrazole rings is 1. The van der Waals surface area contributed by atoms with Gasteiger partial charge in [0, 0.05) is 6.42 Å². The van der Waals surface area contributed by atoms with Crippen LogP contribution in [0, 0.1) is 0 Å². The van der Waals surface area contributed by atoms with E-state index in [1.54, 1.807) is 7.11 Å². The molecule has 6 nitrogen and oxygen atoms in total. The minimum Gasteiger partial charge on any atom is -0.496 e. The summed E-state index contributed by atoms with van der Waals surface area (Å²) >= 11 is 0. The zero-order valence-electron chi connectivity index (χ0n) is 10.5. The van der Waals surface area contributed by atoms with E-state index in [9.17, 15) is 0 Å². The van der Waals surface area contributed by atoms with Gasteiger partial charge in [0.1, 0.15) is 5.75 Å². The summed E-state index contributed by atoms with van der Waals surface area (Å²) < 4.78 is 5.27. The monoisotopic (exact) mass is 248 g/mol. The maximum atomic E-state index is 8.82. The van der Waals surface area contributed by atoms with Gasteiger partial charge in [-0.05, 0) is 35.4 Å². The van der Waals surface area contributed by atoms with Crippen LogP contribution in [0.5, 0.6) is 5.75 Å². The molecule has 2 rings (SSSR count). The van der Waals surface area contributed by atoms with Gasteiger partial charge in [-0.2, -0.15) is 0 Å². The van der Waals surface area contributed by atoms with E-state index in [0.29, 0.717) is 12.2 Å². The Bertz CT molecular complexity index is 525. The minimum atomic E-state index is 0.0223. The quantitative estimate of drug-likeness (QED) is 0.846. The first kappa shape index (κ1) is 12.5. The van der Waals surface area contributed by atoms with Crippen molar-refractivity contribution >= 4 is 0 Å². The molecule has 0 atom stereocenters. The van der Waals surface area contributed by atoms with Crippen molar-refractivity contribution in [3.63, 3.8) is 0 Å². The van der Waals surface area contributed by atoms with E-state index in [2.05, 4.69) is 22.3 Å². The third-order valence-corrected chi connectivity index (χ3v) is 2.67. The van der Waals surface area contributed by atoms with Crippen molar-refractivity contribution in [3.05, 3.63) is 29.6 Å². The van der Waals surface area contributed by atoms with E-state index >= 15 is 0 Å². The molecule has 1 heterocycles. The van der Waals surface area contributed by atoms with E-state index < -0.39 is 0 Å². The van der Waals surface area contributed by atoms with Crippen molar-refractivity contribution in [2.24, 2.45) is 0 Å². The first-order valence-electron chi connectivity index (χ1n) is 5.85. The number of hydrogen-bond donors (Lipinski definition) is 1. The highest BCUT2D eigenvalue weighted by molar-refractivity contribution is 5.43. The fraction of sp³-hybridized carbons (Fsp3) is 0.417. The molecule has 0 saturated carbocycles. The van der Waals surface area contributed by atoms with Gasteiger partial charge >= 0.3 is 0 Å². The average Bonchev–Trinajstić information content (AvgIpc) is 2.87. The number of ether oxygens (including phenoxy) is 1. The van der Waals surface area contributed by atoms with Crippen molar-refractivity contribution in [2.45, 2.75) is 19.8 Å². The van der Waals surface area contributed by atoms with Crippen LogP contribution in [-0.4, -0.2) is 39.0 Å². The maximum Gasteiger partial charge on any atom is 0.177 e. The lowest BCUT2D eigenvalue weighted by Crippen LogP contribution is -2.02. The van der Waals surface area contributed by atoms with Crippen molar-refractivity contribution in [3.8, 4) is 11.4 Å². The van der Waals surface area contributed by atoms with Crippen LogP contribution in [0.3, 0.4) is 0 Å². The second-order valence-electron chi connectivity index (χ2n) is 3.82. The van der Waals surface area contributed by atoms with Gasteiger partial charge in [-0.25, -0.2) is 0 Å². The highest BCUT2D eigenvalue weighted by atomic mass is 16.5.